The van der Waals surface area contributed by atoms with Crippen molar-refractivity contribution in [2.45, 2.75) is 31.3 Å². The molecule has 9 nitrogen and oxygen atoms in total. The first-order valence-electron chi connectivity index (χ1n) is 12.1. The van der Waals surface area contributed by atoms with Crippen LogP contribution in [0.5, 0.6) is 0 Å². The molecule has 1 saturated heterocycles. The van der Waals surface area contributed by atoms with Gasteiger partial charge in [0.2, 0.25) is 11.9 Å². The summed E-state index contributed by atoms with van der Waals surface area (Å²) in [5, 5.41) is 13.7. The van der Waals surface area contributed by atoms with Gasteiger partial charge in [-0.05, 0) is 42.5 Å². The van der Waals surface area contributed by atoms with Crippen molar-refractivity contribution in [2.75, 3.05) is 43.6 Å². The van der Waals surface area contributed by atoms with E-state index in [0.717, 1.165) is 12.0 Å². The molecule has 188 valence electrons. The van der Waals surface area contributed by atoms with E-state index in [-0.39, 0.29) is 30.6 Å². The molecule has 1 amide bonds. The fourth-order valence-corrected chi connectivity index (χ4v) is 4.92. The summed E-state index contributed by atoms with van der Waals surface area (Å²) >= 11 is 0. The third-order valence-electron chi connectivity index (χ3n) is 6.81. The standard InChI is InChI=1S/C26H29FN6O3/c1-36-26(35)32-12-10-20(11-13-32)28-24-29-23(18-6-4-7-19(27)15-18)30-25(31-24)33-14-9-17-5-2-3-8-21(17)22(33)16-34/h2-8,15,20,22,34H,9-14,16H2,1H3,(H,28,29,30,31)/t22-/m0/s1. The molecule has 0 spiro atoms. The molecule has 1 atom stereocenters. The number of methoxy groups -OCH3 is 1. The van der Waals surface area contributed by atoms with E-state index in [4.69, 9.17) is 14.7 Å². The molecule has 5 rings (SSSR count). The zero-order valence-electron chi connectivity index (χ0n) is 20.1. The van der Waals surface area contributed by atoms with E-state index in [1.807, 2.05) is 23.1 Å². The SMILES string of the molecule is COC(=O)N1CCC(Nc2nc(-c3cccc(F)c3)nc(N3CCc4ccccc4[C@@H]3CO)n2)CC1. The van der Waals surface area contributed by atoms with Gasteiger partial charge in [0.05, 0.1) is 19.8 Å². The first kappa shape index (κ1) is 23.9. The number of aliphatic hydroxyl groups is 1. The van der Waals surface area contributed by atoms with Gasteiger partial charge in [0.25, 0.3) is 0 Å². The average Bonchev–Trinajstić information content (AvgIpc) is 2.92. The Morgan fingerprint density at radius 1 is 1.11 bits per heavy atom. The van der Waals surface area contributed by atoms with Gasteiger partial charge in [0, 0.05) is 31.2 Å². The minimum absolute atomic E-state index is 0.0530. The Morgan fingerprint density at radius 3 is 2.67 bits per heavy atom. The second kappa shape index (κ2) is 10.4. The van der Waals surface area contributed by atoms with Crippen molar-refractivity contribution in [1.29, 1.82) is 0 Å². The van der Waals surface area contributed by atoms with Crippen molar-refractivity contribution in [3.63, 3.8) is 0 Å². The number of hydrogen-bond acceptors (Lipinski definition) is 8. The van der Waals surface area contributed by atoms with E-state index >= 15 is 0 Å². The maximum absolute atomic E-state index is 14.0. The summed E-state index contributed by atoms with van der Waals surface area (Å²) in [5.41, 5.74) is 2.78. The van der Waals surface area contributed by atoms with Gasteiger partial charge in [0.1, 0.15) is 5.82 Å². The summed E-state index contributed by atoms with van der Waals surface area (Å²) in [4.78, 5) is 29.5. The van der Waals surface area contributed by atoms with Crippen LogP contribution in [0, 0.1) is 5.82 Å². The molecular weight excluding hydrogens is 463 g/mol. The Hall–Kier alpha value is -3.79. The maximum Gasteiger partial charge on any atom is 0.409 e. The van der Waals surface area contributed by atoms with Crippen LogP contribution in [0.25, 0.3) is 11.4 Å². The van der Waals surface area contributed by atoms with E-state index in [1.54, 1.807) is 17.0 Å². The van der Waals surface area contributed by atoms with E-state index in [9.17, 15) is 14.3 Å². The average molecular weight is 493 g/mol. The van der Waals surface area contributed by atoms with E-state index in [1.165, 1.54) is 24.8 Å². The normalized spacial score (nSPS) is 18.0. The minimum Gasteiger partial charge on any atom is -0.453 e. The molecular formula is C26H29FN6O3. The Labute approximate surface area is 209 Å². The molecule has 0 unspecified atom stereocenters. The number of fused-ring (bicyclic) bond motifs is 1. The first-order chi connectivity index (χ1) is 17.6. The molecule has 0 aliphatic carbocycles. The van der Waals surface area contributed by atoms with Crippen LogP contribution < -0.4 is 10.2 Å². The number of aromatic nitrogens is 3. The first-order valence-corrected chi connectivity index (χ1v) is 12.1. The van der Waals surface area contributed by atoms with Gasteiger partial charge in [-0.2, -0.15) is 15.0 Å². The van der Waals surface area contributed by atoms with Gasteiger partial charge >= 0.3 is 6.09 Å². The number of rotatable bonds is 5. The second-order valence-electron chi connectivity index (χ2n) is 9.01. The van der Waals surface area contributed by atoms with Gasteiger partial charge in [-0.3, -0.25) is 0 Å². The highest BCUT2D eigenvalue weighted by Gasteiger charge is 2.30. The van der Waals surface area contributed by atoms with Crippen LogP contribution in [0.15, 0.2) is 48.5 Å². The number of nitrogens with zero attached hydrogens (tertiary/aromatic N) is 5. The zero-order valence-corrected chi connectivity index (χ0v) is 20.1. The zero-order chi connectivity index (χ0) is 25.1. The second-order valence-corrected chi connectivity index (χ2v) is 9.01. The van der Waals surface area contributed by atoms with Crippen LogP contribution in [-0.2, 0) is 11.2 Å². The quantitative estimate of drug-likeness (QED) is 0.559. The lowest BCUT2D eigenvalue weighted by Gasteiger charge is -2.36. The number of aliphatic hydroxyl groups excluding tert-OH is 1. The third kappa shape index (κ3) is 4.94. The fraction of sp³-hybridized carbons (Fsp3) is 0.385. The van der Waals surface area contributed by atoms with E-state index in [0.29, 0.717) is 55.8 Å². The Balaban J connectivity index is 1.46. The minimum atomic E-state index is -0.376. The van der Waals surface area contributed by atoms with E-state index < -0.39 is 0 Å². The molecule has 2 N–H and O–H groups in total. The van der Waals surface area contributed by atoms with E-state index in [2.05, 4.69) is 16.4 Å². The number of halogens is 1. The number of carbonyl (C=O) groups is 1. The number of amides is 1. The lowest BCUT2D eigenvalue weighted by atomic mass is 9.93. The predicted molar refractivity (Wildman–Crippen MR) is 133 cm³/mol. The number of carbonyl (C=O) groups excluding carboxylic acids is 1. The predicted octanol–water partition coefficient (Wildman–Crippen LogP) is 3.42. The van der Waals surface area contributed by atoms with Crippen molar-refractivity contribution >= 4 is 18.0 Å². The number of nitrogens with one attached hydrogen (secondary N) is 1. The molecule has 3 heterocycles. The number of benzene rings is 2. The number of piperidine rings is 1. The highest BCUT2D eigenvalue weighted by Crippen LogP contribution is 2.33. The van der Waals surface area contributed by atoms with Crippen LogP contribution in [0.4, 0.5) is 21.1 Å². The molecule has 2 aromatic carbocycles. The van der Waals surface area contributed by atoms with Crippen LogP contribution in [0.1, 0.15) is 30.0 Å². The number of hydrogen-bond donors (Lipinski definition) is 2. The largest absolute Gasteiger partial charge is 0.453 e. The lowest BCUT2D eigenvalue weighted by molar-refractivity contribution is 0.113. The van der Waals surface area contributed by atoms with Gasteiger partial charge in [-0.1, -0.05) is 36.4 Å². The molecule has 1 fully saturated rings. The molecule has 0 radical (unpaired) electrons. The molecule has 3 aromatic rings. The summed E-state index contributed by atoms with van der Waals surface area (Å²) in [7, 11) is 1.38. The Bertz CT molecular complexity index is 1230. The summed E-state index contributed by atoms with van der Waals surface area (Å²) in [5.74, 6) is 0.780. The van der Waals surface area contributed by atoms with Crippen molar-refractivity contribution < 1.29 is 19.0 Å². The fourth-order valence-electron chi connectivity index (χ4n) is 4.92. The monoisotopic (exact) mass is 492 g/mol. The molecule has 1 aromatic heterocycles. The number of ether oxygens (including phenoxy) is 1. The van der Waals surface area contributed by atoms with Crippen molar-refractivity contribution in [2.24, 2.45) is 0 Å². The highest BCUT2D eigenvalue weighted by atomic mass is 19.1. The maximum atomic E-state index is 14.0. The molecule has 0 saturated carbocycles. The van der Waals surface area contributed by atoms with Crippen molar-refractivity contribution in [3.8, 4) is 11.4 Å². The van der Waals surface area contributed by atoms with Crippen LogP contribution in [0.2, 0.25) is 0 Å². The summed E-state index contributed by atoms with van der Waals surface area (Å²) in [6.07, 6.45) is 1.89. The van der Waals surface area contributed by atoms with Crippen molar-refractivity contribution in [3.05, 3.63) is 65.5 Å². The topological polar surface area (TPSA) is 104 Å². The van der Waals surface area contributed by atoms with Gasteiger partial charge in [-0.25, -0.2) is 9.18 Å². The smallest absolute Gasteiger partial charge is 0.409 e. The molecule has 2 aliphatic rings. The molecule has 10 heteroatoms. The van der Waals surface area contributed by atoms with Gasteiger partial charge in [-0.15, -0.1) is 0 Å². The molecule has 36 heavy (non-hydrogen) atoms. The van der Waals surface area contributed by atoms with Gasteiger partial charge < -0.3 is 25.0 Å². The number of anilines is 2. The van der Waals surface area contributed by atoms with Crippen LogP contribution in [0.3, 0.4) is 0 Å². The Kier molecular flexibility index (Phi) is 6.95. The van der Waals surface area contributed by atoms with Gasteiger partial charge in [0.15, 0.2) is 5.82 Å². The van der Waals surface area contributed by atoms with Crippen molar-refractivity contribution in [1.82, 2.24) is 19.9 Å². The Morgan fingerprint density at radius 2 is 1.92 bits per heavy atom. The lowest BCUT2D eigenvalue weighted by Crippen LogP contribution is -2.42. The summed E-state index contributed by atoms with van der Waals surface area (Å²) in [6, 6.07) is 14.0. The highest BCUT2D eigenvalue weighted by molar-refractivity contribution is 5.67. The van der Waals surface area contributed by atoms with Crippen LogP contribution >= 0.6 is 0 Å². The third-order valence-corrected chi connectivity index (χ3v) is 6.81. The summed E-state index contributed by atoms with van der Waals surface area (Å²) < 4.78 is 18.8. The molecule has 0 bridgehead atoms. The number of likely N-dealkylation sites (tertiary alicyclic amines) is 1. The summed E-state index contributed by atoms with van der Waals surface area (Å²) in [6.45, 7) is 1.67. The van der Waals surface area contributed by atoms with Crippen LogP contribution in [-0.4, -0.2) is 70.4 Å². The molecule has 2 aliphatic heterocycles.